The molecule has 0 aliphatic rings. The van der Waals surface area contributed by atoms with Crippen LogP contribution in [0.2, 0.25) is 0 Å². The molecule has 1 aromatic carbocycles. The van der Waals surface area contributed by atoms with Gasteiger partial charge in [-0.25, -0.2) is 9.18 Å². The van der Waals surface area contributed by atoms with Crippen molar-refractivity contribution >= 4 is 12.0 Å². The second kappa shape index (κ2) is 7.77. The van der Waals surface area contributed by atoms with Gasteiger partial charge in [0.1, 0.15) is 5.82 Å². The van der Waals surface area contributed by atoms with Crippen molar-refractivity contribution in [1.82, 2.24) is 4.90 Å². The monoisotopic (exact) mass is 281 g/mol. The molecular formula is C15H20FNO3. The number of likely N-dealkylation sites (N-methyl/N-ethyl adjacent to an activating group) is 1. The highest BCUT2D eigenvalue weighted by Gasteiger charge is 2.11. The van der Waals surface area contributed by atoms with E-state index in [1.807, 2.05) is 14.0 Å². The molecule has 4 nitrogen and oxygen atoms in total. The minimum atomic E-state index is -1.05. The molecule has 0 heterocycles. The van der Waals surface area contributed by atoms with Crippen LogP contribution in [0, 0.1) is 5.82 Å². The Morgan fingerprint density at radius 1 is 1.55 bits per heavy atom. The smallest absolute Gasteiger partial charge is 0.328 e. The number of hydrogen-bond acceptors (Lipinski definition) is 3. The number of ether oxygens (including phenoxy) is 1. The van der Waals surface area contributed by atoms with Crippen molar-refractivity contribution in [1.29, 1.82) is 0 Å². The van der Waals surface area contributed by atoms with Gasteiger partial charge >= 0.3 is 5.97 Å². The lowest BCUT2D eigenvalue weighted by Gasteiger charge is -2.24. The number of hydrogen-bond donors (Lipinski definition) is 1. The summed E-state index contributed by atoms with van der Waals surface area (Å²) in [6.45, 7) is 3.21. The summed E-state index contributed by atoms with van der Waals surface area (Å²) >= 11 is 0. The van der Waals surface area contributed by atoms with E-state index in [0.29, 0.717) is 18.7 Å². The SMILES string of the molecule is COCC(C)N(C)Cc1ccc(F)cc1C=CC(=O)O. The summed E-state index contributed by atoms with van der Waals surface area (Å²) in [6.07, 6.45) is 2.42. The fourth-order valence-electron chi connectivity index (χ4n) is 1.82. The van der Waals surface area contributed by atoms with E-state index in [-0.39, 0.29) is 11.9 Å². The van der Waals surface area contributed by atoms with Gasteiger partial charge in [0.2, 0.25) is 0 Å². The molecule has 0 aromatic heterocycles. The zero-order valence-corrected chi connectivity index (χ0v) is 12.0. The maximum absolute atomic E-state index is 13.3. The van der Waals surface area contributed by atoms with Crippen molar-refractivity contribution < 1.29 is 19.0 Å². The van der Waals surface area contributed by atoms with Crippen LogP contribution < -0.4 is 0 Å². The predicted molar refractivity (Wildman–Crippen MR) is 75.9 cm³/mol. The summed E-state index contributed by atoms with van der Waals surface area (Å²) in [5.41, 5.74) is 1.44. The fourth-order valence-corrected chi connectivity index (χ4v) is 1.82. The Bertz CT molecular complexity index is 488. The van der Waals surface area contributed by atoms with Gasteiger partial charge < -0.3 is 9.84 Å². The van der Waals surface area contributed by atoms with Gasteiger partial charge in [0.25, 0.3) is 0 Å². The molecule has 5 heteroatoms. The number of rotatable bonds is 7. The lowest BCUT2D eigenvalue weighted by Crippen LogP contribution is -2.32. The van der Waals surface area contributed by atoms with Gasteiger partial charge in [-0.2, -0.15) is 0 Å². The van der Waals surface area contributed by atoms with Crippen molar-refractivity contribution in [2.75, 3.05) is 20.8 Å². The second-order valence-electron chi connectivity index (χ2n) is 4.73. The van der Waals surface area contributed by atoms with Gasteiger partial charge in [0.05, 0.1) is 6.61 Å². The van der Waals surface area contributed by atoms with Crippen LogP contribution in [0.4, 0.5) is 4.39 Å². The third-order valence-corrected chi connectivity index (χ3v) is 3.09. The van der Waals surface area contributed by atoms with E-state index in [9.17, 15) is 9.18 Å². The number of aliphatic carboxylic acids is 1. The molecule has 20 heavy (non-hydrogen) atoms. The summed E-state index contributed by atoms with van der Waals surface area (Å²) < 4.78 is 18.4. The van der Waals surface area contributed by atoms with E-state index in [2.05, 4.69) is 4.90 Å². The number of carboxylic acids is 1. The van der Waals surface area contributed by atoms with Gasteiger partial charge in [0.15, 0.2) is 0 Å². The maximum atomic E-state index is 13.3. The highest BCUT2D eigenvalue weighted by atomic mass is 19.1. The highest BCUT2D eigenvalue weighted by Crippen LogP contribution is 2.16. The first-order chi connectivity index (χ1) is 9.43. The van der Waals surface area contributed by atoms with E-state index in [1.165, 1.54) is 18.2 Å². The van der Waals surface area contributed by atoms with E-state index in [4.69, 9.17) is 9.84 Å². The average Bonchev–Trinajstić information content (AvgIpc) is 2.39. The topological polar surface area (TPSA) is 49.8 Å². The summed E-state index contributed by atoms with van der Waals surface area (Å²) in [6, 6.07) is 4.60. The molecule has 1 unspecified atom stereocenters. The van der Waals surface area contributed by atoms with Crippen molar-refractivity contribution in [3.8, 4) is 0 Å². The number of methoxy groups -OCH3 is 1. The normalized spacial score (nSPS) is 13.1. The van der Waals surface area contributed by atoms with Gasteiger partial charge in [-0.1, -0.05) is 6.07 Å². The second-order valence-corrected chi connectivity index (χ2v) is 4.73. The van der Waals surface area contributed by atoms with Crippen molar-refractivity contribution in [2.24, 2.45) is 0 Å². The predicted octanol–water partition coefficient (Wildman–Crippen LogP) is 2.39. The average molecular weight is 281 g/mol. The molecule has 1 aromatic rings. The van der Waals surface area contributed by atoms with Crippen molar-refractivity contribution in [3.63, 3.8) is 0 Å². The first kappa shape index (κ1) is 16.3. The number of benzene rings is 1. The van der Waals surface area contributed by atoms with Crippen molar-refractivity contribution in [3.05, 3.63) is 41.2 Å². The Balaban J connectivity index is 2.91. The lowest BCUT2D eigenvalue weighted by molar-refractivity contribution is -0.131. The summed E-state index contributed by atoms with van der Waals surface area (Å²) in [7, 11) is 3.58. The first-order valence-corrected chi connectivity index (χ1v) is 6.32. The maximum Gasteiger partial charge on any atom is 0.328 e. The molecule has 0 saturated heterocycles. The van der Waals surface area contributed by atoms with E-state index < -0.39 is 5.97 Å². The Kier molecular flexibility index (Phi) is 6.35. The minimum Gasteiger partial charge on any atom is -0.478 e. The first-order valence-electron chi connectivity index (χ1n) is 6.32. The van der Waals surface area contributed by atoms with Crippen LogP contribution in [0.15, 0.2) is 24.3 Å². The fraction of sp³-hybridized carbons (Fsp3) is 0.400. The highest BCUT2D eigenvalue weighted by molar-refractivity contribution is 5.85. The summed E-state index contributed by atoms with van der Waals surface area (Å²) in [5.74, 6) is -1.44. The van der Waals surface area contributed by atoms with Crippen LogP contribution in [-0.4, -0.2) is 42.8 Å². The van der Waals surface area contributed by atoms with Crippen LogP contribution in [-0.2, 0) is 16.1 Å². The lowest BCUT2D eigenvalue weighted by atomic mass is 10.1. The molecular weight excluding hydrogens is 261 g/mol. The molecule has 0 bridgehead atoms. The van der Waals surface area contributed by atoms with Gasteiger partial charge in [0, 0.05) is 25.8 Å². The quantitative estimate of drug-likeness (QED) is 0.780. The third-order valence-electron chi connectivity index (χ3n) is 3.09. The molecule has 0 aliphatic carbocycles. The van der Waals surface area contributed by atoms with E-state index >= 15 is 0 Å². The van der Waals surface area contributed by atoms with Crippen LogP contribution in [0.3, 0.4) is 0 Å². The van der Waals surface area contributed by atoms with Gasteiger partial charge in [-0.05, 0) is 43.3 Å². The Hall–Kier alpha value is -1.72. The summed E-state index contributed by atoms with van der Waals surface area (Å²) in [4.78, 5) is 12.6. The standard InChI is InChI=1S/C15H20FNO3/c1-11(10-20-3)17(2)9-13-4-6-14(16)8-12(13)5-7-15(18)19/h4-8,11H,9-10H2,1-3H3,(H,18,19). The third kappa shape index (κ3) is 5.11. The molecule has 0 aliphatic heterocycles. The number of carbonyl (C=O) groups is 1. The number of nitrogens with zero attached hydrogens (tertiary/aromatic N) is 1. The summed E-state index contributed by atoms with van der Waals surface area (Å²) in [5, 5.41) is 8.67. The number of carboxylic acid groups (broad SMARTS) is 1. The molecule has 0 fully saturated rings. The van der Waals surface area contributed by atoms with Crippen LogP contribution >= 0.6 is 0 Å². The minimum absolute atomic E-state index is 0.210. The zero-order valence-electron chi connectivity index (χ0n) is 12.0. The molecule has 0 amide bonds. The number of halogens is 1. The van der Waals surface area contributed by atoms with Gasteiger partial charge in [-0.3, -0.25) is 4.90 Å². The van der Waals surface area contributed by atoms with Crippen LogP contribution in [0.25, 0.3) is 6.08 Å². The molecule has 1 atom stereocenters. The molecule has 0 saturated carbocycles. The largest absolute Gasteiger partial charge is 0.478 e. The molecule has 0 radical (unpaired) electrons. The molecule has 0 spiro atoms. The Labute approximate surface area is 118 Å². The zero-order chi connectivity index (χ0) is 15.1. The molecule has 1 N–H and O–H groups in total. The van der Waals surface area contributed by atoms with Crippen LogP contribution in [0.5, 0.6) is 0 Å². The van der Waals surface area contributed by atoms with E-state index in [1.54, 1.807) is 13.2 Å². The molecule has 1 rings (SSSR count). The Morgan fingerprint density at radius 3 is 2.85 bits per heavy atom. The van der Waals surface area contributed by atoms with E-state index in [0.717, 1.165) is 11.6 Å². The molecule has 110 valence electrons. The Morgan fingerprint density at radius 2 is 2.25 bits per heavy atom. The van der Waals surface area contributed by atoms with Crippen molar-refractivity contribution in [2.45, 2.75) is 19.5 Å². The van der Waals surface area contributed by atoms with Gasteiger partial charge in [-0.15, -0.1) is 0 Å². The van der Waals surface area contributed by atoms with Crippen LogP contribution in [0.1, 0.15) is 18.1 Å².